The van der Waals surface area contributed by atoms with Gasteiger partial charge in [-0.05, 0) is 13.8 Å². The predicted molar refractivity (Wildman–Crippen MR) is 66.8 cm³/mol. The number of rotatable bonds is 4. The molecule has 0 aromatic carbocycles. The highest BCUT2D eigenvalue weighted by Gasteiger charge is 2.51. The lowest BCUT2D eigenvalue weighted by atomic mass is 9.98. The standard InChI is InChI=1S/C13H17F3O7/c1-6(17)20-8-5-9(22-10(8)21-7(2)18)12(3,4)23-11(19)13(14,15)16/h8-10H,5H2,1-4H3. The first-order valence-electron chi connectivity index (χ1n) is 6.63. The van der Waals surface area contributed by atoms with Gasteiger partial charge in [-0.1, -0.05) is 0 Å². The molecule has 132 valence electrons. The molecule has 1 aliphatic heterocycles. The molecule has 0 saturated carbocycles. The zero-order valence-corrected chi connectivity index (χ0v) is 12.9. The Morgan fingerprint density at radius 3 is 2.00 bits per heavy atom. The molecule has 3 atom stereocenters. The van der Waals surface area contributed by atoms with E-state index in [4.69, 9.17) is 14.2 Å². The Balaban J connectivity index is 2.85. The van der Waals surface area contributed by atoms with Crippen LogP contribution in [0.4, 0.5) is 13.2 Å². The molecule has 1 heterocycles. The van der Waals surface area contributed by atoms with Gasteiger partial charge in [-0.15, -0.1) is 0 Å². The average Bonchev–Trinajstić information content (AvgIpc) is 2.69. The smallest absolute Gasteiger partial charge is 0.456 e. The minimum atomic E-state index is -5.15. The molecular formula is C13H17F3O7. The molecule has 0 aliphatic carbocycles. The van der Waals surface area contributed by atoms with Crippen molar-refractivity contribution in [1.82, 2.24) is 0 Å². The second-order valence-electron chi connectivity index (χ2n) is 5.48. The fourth-order valence-electron chi connectivity index (χ4n) is 2.02. The Hall–Kier alpha value is -1.84. The third-order valence-corrected chi connectivity index (χ3v) is 3.01. The number of carbonyl (C=O) groups excluding carboxylic acids is 3. The molecule has 0 aromatic heterocycles. The number of carbonyl (C=O) groups is 3. The summed E-state index contributed by atoms with van der Waals surface area (Å²) in [5.74, 6) is -3.77. The first kappa shape index (κ1) is 19.2. The Bertz CT molecular complexity index is 462. The van der Waals surface area contributed by atoms with Crippen LogP contribution in [-0.2, 0) is 33.3 Å². The SMILES string of the molecule is CC(=O)OC1CC(C(C)(C)OC(=O)C(F)(F)F)OC1OC(C)=O. The molecule has 1 aliphatic rings. The summed E-state index contributed by atoms with van der Waals surface area (Å²) in [6, 6.07) is 0. The lowest BCUT2D eigenvalue weighted by molar-refractivity contribution is -0.230. The Labute approximate surface area is 130 Å². The number of ether oxygens (including phenoxy) is 4. The van der Waals surface area contributed by atoms with Crippen LogP contribution in [0.25, 0.3) is 0 Å². The van der Waals surface area contributed by atoms with E-state index < -0.39 is 48.2 Å². The van der Waals surface area contributed by atoms with Gasteiger partial charge >= 0.3 is 24.1 Å². The molecule has 0 aromatic rings. The first-order chi connectivity index (χ1) is 10.3. The van der Waals surface area contributed by atoms with Gasteiger partial charge in [-0.3, -0.25) is 9.59 Å². The molecule has 7 nitrogen and oxygen atoms in total. The second-order valence-corrected chi connectivity index (χ2v) is 5.48. The summed E-state index contributed by atoms with van der Waals surface area (Å²) in [5.41, 5.74) is -1.68. The van der Waals surface area contributed by atoms with E-state index in [-0.39, 0.29) is 6.42 Å². The van der Waals surface area contributed by atoms with Crippen LogP contribution >= 0.6 is 0 Å². The molecule has 1 rings (SSSR count). The number of halogens is 3. The number of alkyl halides is 3. The molecule has 23 heavy (non-hydrogen) atoms. The zero-order valence-electron chi connectivity index (χ0n) is 12.9. The van der Waals surface area contributed by atoms with Gasteiger partial charge < -0.3 is 18.9 Å². The van der Waals surface area contributed by atoms with Crippen LogP contribution in [0.3, 0.4) is 0 Å². The van der Waals surface area contributed by atoms with E-state index in [1.54, 1.807) is 0 Å². The van der Waals surface area contributed by atoms with E-state index >= 15 is 0 Å². The highest BCUT2D eigenvalue weighted by molar-refractivity contribution is 5.76. The maximum Gasteiger partial charge on any atom is 0.490 e. The molecule has 1 saturated heterocycles. The second kappa shape index (κ2) is 6.73. The summed E-state index contributed by atoms with van der Waals surface area (Å²) in [6.07, 6.45) is -8.62. The maximum absolute atomic E-state index is 12.3. The van der Waals surface area contributed by atoms with Crippen molar-refractivity contribution in [2.45, 2.75) is 64.4 Å². The van der Waals surface area contributed by atoms with Crippen LogP contribution in [0.15, 0.2) is 0 Å². The zero-order chi connectivity index (χ0) is 18.0. The molecule has 1 fully saturated rings. The highest BCUT2D eigenvalue weighted by atomic mass is 19.4. The van der Waals surface area contributed by atoms with Crippen LogP contribution in [-0.4, -0.2) is 48.2 Å². The molecule has 0 N–H and O–H groups in total. The van der Waals surface area contributed by atoms with E-state index in [1.807, 2.05) is 0 Å². The summed E-state index contributed by atoms with van der Waals surface area (Å²) in [6.45, 7) is 4.63. The topological polar surface area (TPSA) is 88.1 Å². The van der Waals surface area contributed by atoms with Gasteiger partial charge in [0.25, 0.3) is 0 Å². The third-order valence-electron chi connectivity index (χ3n) is 3.01. The van der Waals surface area contributed by atoms with Gasteiger partial charge in [0.15, 0.2) is 6.10 Å². The number of esters is 3. The van der Waals surface area contributed by atoms with E-state index in [9.17, 15) is 27.6 Å². The first-order valence-corrected chi connectivity index (χ1v) is 6.63. The van der Waals surface area contributed by atoms with Gasteiger partial charge in [0.05, 0.1) is 0 Å². The Kier molecular flexibility index (Phi) is 5.62. The van der Waals surface area contributed by atoms with Crippen molar-refractivity contribution in [3.63, 3.8) is 0 Å². The normalized spacial score (nSPS) is 24.9. The molecule has 0 spiro atoms. The van der Waals surface area contributed by atoms with Crippen molar-refractivity contribution in [3.8, 4) is 0 Å². The lowest BCUT2D eigenvalue weighted by Crippen LogP contribution is -2.44. The van der Waals surface area contributed by atoms with Crippen molar-refractivity contribution in [1.29, 1.82) is 0 Å². The number of hydrogen-bond donors (Lipinski definition) is 0. The van der Waals surface area contributed by atoms with Crippen molar-refractivity contribution in [3.05, 3.63) is 0 Å². The van der Waals surface area contributed by atoms with Gasteiger partial charge in [-0.25, -0.2) is 4.79 Å². The largest absolute Gasteiger partial charge is 0.490 e. The van der Waals surface area contributed by atoms with Gasteiger partial charge in [-0.2, -0.15) is 13.2 Å². The van der Waals surface area contributed by atoms with E-state index in [0.717, 1.165) is 13.8 Å². The summed E-state index contributed by atoms with van der Waals surface area (Å²) < 4.78 is 56.4. The third kappa shape index (κ3) is 5.38. The van der Waals surface area contributed by atoms with Crippen molar-refractivity contribution >= 4 is 17.9 Å². The highest BCUT2D eigenvalue weighted by Crippen LogP contribution is 2.34. The molecule has 0 radical (unpaired) electrons. The monoisotopic (exact) mass is 342 g/mol. The Morgan fingerprint density at radius 2 is 1.57 bits per heavy atom. The van der Waals surface area contributed by atoms with Crippen molar-refractivity contribution < 1.29 is 46.5 Å². The van der Waals surface area contributed by atoms with Crippen molar-refractivity contribution in [2.75, 3.05) is 0 Å². The van der Waals surface area contributed by atoms with Gasteiger partial charge in [0.1, 0.15) is 11.7 Å². The molecule has 3 unspecified atom stereocenters. The van der Waals surface area contributed by atoms with Crippen LogP contribution in [0.5, 0.6) is 0 Å². The van der Waals surface area contributed by atoms with Crippen LogP contribution in [0.2, 0.25) is 0 Å². The summed E-state index contributed by atoms with van der Waals surface area (Å²) in [4.78, 5) is 33.0. The minimum Gasteiger partial charge on any atom is -0.456 e. The molecule has 0 amide bonds. The molecule has 10 heteroatoms. The average molecular weight is 342 g/mol. The van der Waals surface area contributed by atoms with E-state index in [2.05, 4.69) is 4.74 Å². The fraction of sp³-hybridized carbons (Fsp3) is 0.769. The predicted octanol–water partition coefficient (Wildman–Crippen LogP) is 1.48. The van der Waals surface area contributed by atoms with Crippen LogP contribution in [0.1, 0.15) is 34.1 Å². The quantitative estimate of drug-likeness (QED) is 0.565. The lowest BCUT2D eigenvalue weighted by Gasteiger charge is -2.30. The summed E-state index contributed by atoms with van der Waals surface area (Å²) in [5, 5.41) is 0. The van der Waals surface area contributed by atoms with Crippen molar-refractivity contribution in [2.24, 2.45) is 0 Å². The van der Waals surface area contributed by atoms with Gasteiger partial charge in [0.2, 0.25) is 6.29 Å². The van der Waals surface area contributed by atoms with E-state index in [0.29, 0.717) is 0 Å². The minimum absolute atomic E-state index is 0.102. The Morgan fingerprint density at radius 1 is 1.04 bits per heavy atom. The maximum atomic E-state index is 12.3. The van der Waals surface area contributed by atoms with Crippen LogP contribution < -0.4 is 0 Å². The fourth-order valence-corrected chi connectivity index (χ4v) is 2.02. The molecule has 0 bridgehead atoms. The van der Waals surface area contributed by atoms with Crippen LogP contribution in [0, 0.1) is 0 Å². The number of hydrogen-bond acceptors (Lipinski definition) is 7. The summed E-state index contributed by atoms with van der Waals surface area (Å²) in [7, 11) is 0. The summed E-state index contributed by atoms with van der Waals surface area (Å²) >= 11 is 0. The molecular weight excluding hydrogens is 325 g/mol. The van der Waals surface area contributed by atoms with Gasteiger partial charge in [0, 0.05) is 20.3 Å². The van der Waals surface area contributed by atoms with E-state index in [1.165, 1.54) is 13.8 Å².